The number of thioether (sulfide) groups is 2. The van der Waals surface area contributed by atoms with E-state index < -0.39 is 0 Å². The van der Waals surface area contributed by atoms with Gasteiger partial charge in [0.05, 0.1) is 12.1 Å². The Balaban J connectivity index is 0.832. The van der Waals surface area contributed by atoms with Gasteiger partial charge in [-0.25, -0.2) is 0 Å². The second kappa shape index (κ2) is 16.1. The molecule has 0 aromatic heterocycles. The summed E-state index contributed by atoms with van der Waals surface area (Å²) >= 11 is 4.28. The lowest BCUT2D eigenvalue weighted by atomic mass is 9.90. The first-order valence-electron chi connectivity index (χ1n) is 22.3. The number of anilines is 2. The van der Waals surface area contributed by atoms with Crippen LogP contribution >= 0.6 is 23.5 Å². The maximum absolute atomic E-state index is 2.82. The van der Waals surface area contributed by atoms with Crippen LogP contribution in [0.25, 0.3) is 27.8 Å². The lowest BCUT2D eigenvalue weighted by Crippen LogP contribution is -2.38. The van der Waals surface area contributed by atoms with Crippen LogP contribution in [0.5, 0.6) is 0 Å². The Labute approximate surface area is 374 Å². The van der Waals surface area contributed by atoms with Crippen molar-refractivity contribution < 1.29 is 0 Å². The van der Waals surface area contributed by atoms with Gasteiger partial charge in [-0.05, 0) is 118 Å². The average molecular weight is 837 g/mol. The minimum absolute atomic E-state index is 0.391. The maximum Gasteiger partial charge on any atom is 0.0691 e. The Morgan fingerprint density at radius 3 is 1.97 bits per heavy atom. The summed E-state index contributed by atoms with van der Waals surface area (Å²) in [4.78, 5) is 8.36. The Kier molecular flexibility index (Phi) is 9.80. The smallest absolute Gasteiger partial charge is 0.0691 e. The van der Waals surface area contributed by atoms with Crippen LogP contribution in [0.15, 0.2) is 228 Å². The quantitative estimate of drug-likeness (QED) is 0.151. The summed E-state index contributed by atoms with van der Waals surface area (Å²) in [6.07, 6.45) is 23.0. The molecule has 302 valence electrons. The van der Waals surface area contributed by atoms with Crippen LogP contribution in [-0.2, 0) is 0 Å². The van der Waals surface area contributed by atoms with Crippen LogP contribution in [0.4, 0.5) is 11.4 Å². The fourth-order valence-corrected chi connectivity index (χ4v) is 14.3. The molecule has 2 saturated heterocycles. The predicted octanol–water partition coefficient (Wildman–Crippen LogP) is 15.2. The Bertz CT molecular complexity index is 2810. The Morgan fingerprint density at radius 1 is 0.565 bits per heavy atom. The van der Waals surface area contributed by atoms with E-state index in [0.717, 1.165) is 25.7 Å². The van der Waals surface area contributed by atoms with Crippen LogP contribution in [0.1, 0.15) is 54.3 Å². The highest BCUT2D eigenvalue weighted by Gasteiger charge is 2.59. The summed E-state index contributed by atoms with van der Waals surface area (Å²) in [7, 11) is 0. The largest absolute Gasteiger partial charge is 0.358 e. The summed E-state index contributed by atoms with van der Waals surface area (Å²) in [5, 5.41) is 1.16. The molecular weight excluding hydrogens is 789 g/mol. The summed E-state index contributed by atoms with van der Waals surface area (Å²) in [6.45, 7) is 0. The number of benzene rings is 6. The zero-order chi connectivity index (χ0) is 41.0. The SMILES string of the molecule is C1=CCC2C(=C1)SC1C3Sc4ccccc4C3N(c3ccc(-c4ccc(N(C5=CCC(c6ccccc6)C=C5)C5=CC=C(c6ccc(-c7ccccc7)cc6)CC5)cc4)cc3)C21. The summed E-state index contributed by atoms with van der Waals surface area (Å²) < 4.78 is 0. The van der Waals surface area contributed by atoms with Crippen LogP contribution < -0.4 is 9.80 Å². The molecule has 0 amide bonds. The van der Waals surface area contributed by atoms with Gasteiger partial charge in [-0.3, -0.25) is 0 Å². The fraction of sp³-hybridized carbons (Fsp3) is 0.172. The van der Waals surface area contributed by atoms with E-state index in [2.05, 4.69) is 240 Å². The molecule has 2 fully saturated rings. The number of allylic oxidation sites excluding steroid dienone is 10. The Morgan fingerprint density at radius 2 is 1.24 bits per heavy atom. The number of fused-ring (bicyclic) bond motifs is 7. The van der Waals surface area contributed by atoms with Gasteiger partial charge < -0.3 is 9.80 Å². The molecule has 6 aromatic carbocycles. The fourth-order valence-electron chi connectivity index (χ4n) is 10.8. The van der Waals surface area contributed by atoms with Crippen molar-refractivity contribution in [2.24, 2.45) is 5.92 Å². The van der Waals surface area contributed by atoms with E-state index in [4.69, 9.17) is 0 Å². The molecule has 4 heteroatoms. The highest BCUT2D eigenvalue weighted by Crippen LogP contribution is 2.64. The predicted molar refractivity (Wildman–Crippen MR) is 264 cm³/mol. The van der Waals surface area contributed by atoms with Crippen molar-refractivity contribution >= 4 is 40.5 Å². The lowest BCUT2D eigenvalue weighted by Gasteiger charge is -2.35. The van der Waals surface area contributed by atoms with E-state index in [1.807, 2.05) is 0 Å². The molecule has 3 aliphatic carbocycles. The molecule has 6 unspecified atom stereocenters. The third-order valence-corrected chi connectivity index (χ3v) is 17.1. The van der Waals surface area contributed by atoms with E-state index in [-0.39, 0.29) is 0 Å². The van der Waals surface area contributed by atoms with Gasteiger partial charge in [0.15, 0.2) is 0 Å². The van der Waals surface area contributed by atoms with Gasteiger partial charge in [0.1, 0.15) is 0 Å². The molecule has 0 bridgehead atoms. The van der Waals surface area contributed by atoms with E-state index in [9.17, 15) is 0 Å². The maximum atomic E-state index is 2.82. The van der Waals surface area contributed by atoms with Crippen molar-refractivity contribution in [3.63, 3.8) is 0 Å². The second-order valence-corrected chi connectivity index (χ2v) is 19.8. The summed E-state index contributed by atoms with van der Waals surface area (Å²) in [5.74, 6) is 0.970. The highest BCUT2D eigenvalue weighted by atomic mass is 32.2. The molecule has 6 atom stereocenters. The number of hydrogen-bond donors (Lipinski definition) is 0. The molecule has 6 aromatic rings. The van der Waals surface area contributed by atoms with Gasteiger partial charge in [-0.1, -0.05) is 164 Å². The third kappa shape index (κ3) is 6.76. The van der Waals surface area contributed by atoms with Crippen LogP contribution in [0.3, 0.4) is 0 Å². The lowest BCUT2D eigenvalue weighted by molar-refractivity contribution is 0.507. The molecule has 0 N–H and O–H groups in total. The molecule has 3 aliphatic heterocycles. The van der Waals surface area contributed by atoms with Crippen molar-refractivity contribution in [1.82, 2.24) is 0 Å². The van der Waals surface area contributed by atoms with Crippen LogP contribution in [-0.4, -0.2) is 16.5 Å². The summed E-state index contributed by atoms with van der Waals surface area (Å²) in [5.41, 5.74) is 15.7. The van der Waals surface area contributed by atoms with Gasteiger partial charge in [-0.15, -0.1) is 23.5 Å². The van der Waals surface area contributed by atoms with Crippen LogP contribution in [0.2, 0.25) is 0 Å². The van der Waals surface area contributed by atoms with Crippen LogP contribution in [0, 0.1) is 5.92 Å². The molecule has 62 heavy (non-hydrogen) atoms. The van der Waals surface area contributed by atoms with Crippen molar-refractivity contribution in [3.8, 4) is 22.3 Å². The van der Waals surface area contributed by atoms with Gasteiger partial charge in [0.25, 0.3) is 0 Å². The molecule has 0 saturated carbocycles. The number of hydrogen-bond acceptors (Lipinski definition) is 4. The van der Waals surface area contributed by atoms with Crippen molar-refractivity contribution in [3.05, 3.63) is 239 Å². The molecule has 6 aliphatic rings. The van der Waals surface area contributed by atoms with E-state index in [1.165, 1.54) is 72.2 Å². The summed E-state index contributed by atoms with van der Waals surface area (Å²) in [6, 6.07) is 59.5. The number of nitrogens with zero attached hydrogens (tertiary/aromatic N) is 2. The van der Waals surface area contributed by atoms with Gasteiger partial charge in [0, 0.05) is 50.0 Å². The van der Waals surface area contributed by atoms with Gasteiger partial charge in [-0.2, -0.15) is 0 Å². The van der Waals surface area contributed by atoms with Crippen molar-refractivity contribution in [2.75, 3.05) is 9.80 Å². The molecule has 2 nitrogen and oxygen atoms in total. The molecular formula is C58H48N2S2. The minimum Gasteiger partial charge on any atom is -0.358 e. The zero-order valence-electron chi connectivity index (χ0n) is 34.6. The molecule has 0 radical (unpaired) electrons. The molecule has 12 rings (SSSR count). The molecule has 3 heterocycles. The zero-order valence-corrected chi connectivity index (χ0v) is 36.3. The topological polar surface area (TPSA) is 6.48 Å². The first-order chi connectivity index (χ1) is 30.7. The molecule has 0 spiro atoms. The minimum atomic E-state index is 0.391. The van der Waals surface area contributed by atoms with Crippen molar-refractivity contribution in [1.29, 1.82) is 0 Å². The Hall–Kier alpha value is -5.94. The first-order valence-corrected chi connectivity index (χ1v) is 24.1. The van der Waals surface area contributed by atoms with Crippen molar-refractivity contribution in [2.45, 2.75) is 59.1 Å². The van der Waals surface area contributed by atoms with Gasteiger partial charge in [0.2, 0.25) is 0 Å². The normalized spacial score (nSPS) is 24.3. The highest BCUT2D eigenvalue weighted by molar-refractivity contribution is 8.06. The monoisotopic (exact) mass is 836 g/mol. The average Bonchev–Trinajstić information content (AvgIpc) is 4.01. The first kappa shape index (κ1) is 37.8. The van der Waals surface area contributed by atoms with E-state index >= 15 is 0 Å². The van der Waals surface area contributed by atoms with E-state index in [1.54, 1.807) is 4.91 Å². The standard InChI is InChI=1S/C58H48N2S2/c1-3-11-39(12-4-1)41-19-21-42(22-20-41)44-25-33-48(34-26-44)59(47-31-23-43(24-32-47)40-13-5-2-6-14-40)49-35-27-45(28-36-49)46-29-37-50(38-30-46)60-55-51-15-7-9-17-53(51)61-57(55)58-56(60)52-16-8-10-18-54(52)62-58/h1-15,17-23,25,27-33,35-38,43,52,55-58H,16,24,26,34H2. The van der Waals surface area contributed by atoms with Gasteiger partial charge >= 0.3 is 0 Å². The third-order valence-electron chi connectivity index (χ3n) is 13.9. The number of rotatable bonds is 8. The van der Waals surface area contributed by atoms with E-state index in [0.29, 0.717) is 34.4 Å². The second-order valence-electron chi connectivity index (χ2n) is 17.3.